The van der Waals surface area contributed by atoms with Crippen molar-refractivity contribution in [1.82, 2.24) is 5.32 Å². The van der Waals surface area contributed by atoms with E-state index in [1.165, 1.54) is 7.05 Å². The average molecular weight is 195 g/mol. The number of rotatable bonds is 2. The van der Waals surface area contributed by atoms with Crippen molar-refractivity contribution in [3.8, 4) is 0 Å². The number of hydrogen-bond donors (Lipinski definition) is 1. The molecule has 0 bridgehead atoms. The molecule has 0 spiro atoms. The van der Waals surface area contributed by atoms with Gasteiger partial charge in [-0.3, -0.25) is 4.79 Å². The van der Waals surface area contributed by atoms with Crippen molar-refractivity contribution >= 4 is 5.78 Å². The van der Waals surface area contributed by atoms with Crippen molar-refractivity contribution in [3.05, 3.63) is 0 Å². The van der Waals surface area contributed by atoms with Gasteiger partial charge in [0.2, 0.25) is 0 Å². The zero-order valence-electron chi connectivity index (χ0n) is 7.37. The van der Waals surface area contributed by atoms with Gasteiger partial charge >= 0.3 is 6.18 Å². The van der Waals surface area contributed by atoms with E-state index in [-0.39, 0.29) is 0 Å². The summed E-state index contributed by atoms with van der Waals surface area (Å²) in [6.07, 6.45) is -2.76. The second-order valence-corrected chi connectivity index (χ2v) is 3.37. The SMILES string of the molecule is CNC1(C(=O)C(F)(F)F)CCCC1. The minimum Gasteiger partial charge on any atom is -0.308 e. The van der Waals surface area contributed by atoms with Gasteiger partial charge in [0.05, 0.1) is 5.54 Å². The first-order valence-electron chi connectivity index (χ1n) is 4.23. The Morgan fingerprint density at radius 2 is 1.77 bits per heavy atom. The third-order valence-corrected chi connectivity index (χ3v) is 2.63. The number of Topliss-reactive ketones (excluding diaryl/α,β-unsaturated/α-hetero) is 1. The highest BCUT2D eigenvalue weighted by Gasteiger charge is 2.52. The predicted molar refractivity (Wildman–Crippen MR) is 41.3 cm³/mol. The molecular formula is C8H12F3NO. The van der Waals surface area contributed by atoms with Crippen molar-refractivity contribution < 1.29 is 18.0 Å². The van der Waals surface area contributed by atoms with Crippen LogP contribution in [0.25, 0.3) is 0 Å². The Morgan fingerprint density at radius 3 is 2.08 bits per heavy atom. The van der Waals surface area contributed by atoms with Crippen LogP contribution in [-0.2, 0) is 4.79 Å². The Hall–Kier alpha value is -0.580. The van der Waals surface area contributed by atoms with E-state index in [1.807, 2.05) is 0 Å². The van der Waals surface area contributed by atoms with Gasteiger partial charge in [0.1, 0.15) is 0 Å². The number of nitrogens with one attached hydrogen (secondary N) is 1. The van der Waals surface area contributed by atoms with Crippen molar-refractivity contribution in [3.63, 3.8) is 0 Å². The van der Waals surface area contributed by atoms with E-state index in [9.17, 15) is 18.0 Å². The standard InChI is InChI=1S/C8H12F3NO/c1-12-7(4-2-3-5-7)6(13)8(9,10)11/h12H,2-5H2,1H3. The first-order valence-corrected chi connectivity index (χ1v) is 4.23. The number of likely N-dealkylation sites (N-methyl/N-ethyl adjacent to an activating group) is 1. The molecule has 1 aliphatic rings. The Balaban J connectivity index is 2.83. The van der Waals surface area contributed by atoms with Gasteiger partial charge in [0.15, 0.2) is 0 Å². The highest BCUT2D eigenvalue weighted by molar-refractivity contribution is 5.93. The number of hydrogen-bond acceptors (Lipinski definition) is 2. The third-order valence-electron chi connectivity index (χ3n) is 2.63. The molecule has 13 heavy (non-hydrogen) atoms. The van der Waals surface area contributed by atoms with Gasteiger partial charge in [-0.2, -0.15) is 13.2 Å². The lowest BCUT2D eigenvalue weighted by molar-refractivity contribution is -0.178. The second-order valence-electron chi connectivity index (χ2n) is 3.37. The second kappa shape index (κ2) is 3.29. The molecule has 0 radical (unpaired) electrons. The molecule has 1 saturated carbocycles. The maximum atomic E-state index is 12.1. The van der Waals surface area contributed by atoms with Gasteiger partial charge in [-0.1, -0.05) is 12.8 Å². The first-order chi connectivity index (χ1) is 5.92. The summed E-state index contributed by atoms with van der Waals surface area (Å²) >= 11 is 0. The van der Waals surface area contributed by atoms with Crippen molar-refractivity contribution in [2.24, 2.45) is 0 Å². The maximum absolute atomic E-state index is 12.1. The van der Waals surface area contributed by atoms with Crippen LogP contribution >= 0.6 is 0 Å². The summed E-state index contributed by atoms with van der Waals surface area (Å²) in [6.45, 7) is 0. The average Bonchev–Trinajstić information content (AvgIpc) is 2.50. The molecule has 1 aliphatic carbocycles. The molecule has 0 aromatic carbocycles. The van der Waals surface area contributed by atoms with E-state index in [1.54, 1.807) is 0 Å². The van der Waals surface area contributed by atoms with E-state index in [2.05, 4.69) is 5.32 Å². The van der Waals surface area contributed by atoms with Crippen LogP contribution < -0.4 is 5.32 Å². The van der Waals surface area contributed by atoms with E-state index < -0.39 is 17.5 Å². The fraction of sp³-hybridized carbons (Fsp3) is 0.875. The maximum Gasteiger partial charge on any atom is 0.451 e. The van der Waals surface area contributed by atoms with Gasteiger partial charge < -0.3 is 5.32 Å². The molecular weight excluding hydrogens is 183 g/mol. The zero-order valence-corrected chi connectivity index (χ0v) is 7.37. The lowest BCUT2D eigenvalue weighted by Crippen LogP contribution is -2.53. The highest BCUT2D eigenvalue weighted by Crippen LogP contribution is 2.35. The van der Waals surface area contributed by atoms with Crippen LogP contribution in [0.2, 0.25) is 0 Å². The van der Waals surface area contributed by atoms with Crippen LogP contribution in [0.4, 0.5) is 13.2 Å². The number of ketones is 1. The van der Waals surface area contributed by atoms with Gasteiger partial charge in [-0.05, 0) is 19.9 Å². The quantitative estimate of drug-likeness (QED) is 0.725. The van der Waals surface area contributed by atoms with Crippen LogP contribution in [-0.4, -0.2) is 24.5 Å². The Bertz CT molecular complexity index is 206. The molecule has 0 heterocycles. The first kappa shape index (κ1) is 10.5. The van der Waals surface area contributed by atoms with Gasteiger partial charge in [0, 0.05) is 0 Å². The molecule has 5 heteroatoms. The minimum absolute atomic E-state index is 0.293. The summed E-state index contributed by atoms with van der Waals surface area (Å²) < 4.78 is 36.4. The molecule has 0 amide bonds. The monoisotopic (exact) mass is 195 g/mol. The number of carbonyl (C=O) groups is 1. The lowest BCUT2D eigenvalue weighted by Gasteiger charge is -2.27. The summed E-state index contributed by atoms with van der Waals surface area (Å²) in [7, 11) is 1.41. The van der Waals surface area contributed by atoms with Gasteiger partial charge in [0.25, 0.3) is 5.78 Å². The van der Waals surface area contributed by atoms with Crippen molar-refractivity contribution in [1.29, 1.82) is 0 Å². The summed E-state index contributed by atoms with van der Waals surface area (Å²) in [5, 5.41) is 2.51. The van der Waals surface area contributed by atoms with Crippen molar-refractivity contribution in [2.75, 3.05) is 7.05 Å². The minimum atomic E-state index is -4.71. The molecule has 0 unspecified atom stereocenters. The van der Waals surface area contributed by atoms with Crippen LogP contribution in [0.5, 0.6) is 0 Å². The molecule has 0 saturated heterocycles. The van der Waals surface area contributed by atoms with Gasteiger partial charge in [-0.25, -0.2) is 0 Å². The Labute approximate surface area is 74.5 Å². The molecule has 0 aromatic rings. The van der Waals surface area contributed by atoms with E-state index >= 15 is 0 Å². The van der Waals surface area contributed by atoms with Crippen molar-refractivity contribution in [2.45, 2.75) is 37.4 Å². The molecule has 1 fully saturated rings. The number of alkyl halides is 3. The fourth-order valence-corrected chi connectivity index (χ4v) is 1.84. The Kier molecular flexibility index (Phi) is 2.66. The van der Waals surface area contributed by atoms with E-state index in [0.717, 1.165) is 0 Å². The lowest BCUT2D eigenvalue weighted by atomic mass is 9.92. The number of carbonyl (C=O) groups excluding carboxylic acids is 1. The largest absolute Gasteiger partial charge is 0.451 e. The summed E-state index contributed by atoms with van der Waals surface area (Å²) in [5.74, 6) is -1.62. The molecule has 0 aliphatic heterocycles. The topological polar surface area (TPSA) is 29.1 Å². The smallest absolute Gasteiger partial charge is 0.308 e. The van der Waals surface area contributed by atoms with Gasteiger partial charge in [-0.15, -0.1) is 0 Å². The molecule has 76 valence electrons. The molecule has 0 aromatic heterocycles. The normalized spacial score (nSPS) is 21.8. The third kappa shape index (κ3) is 1.85. The fourth-order valence-electron chi connectivity index (χ4n) is 1.84. The van der Waals surface area contributed by atoms with Crippen LogP contribution in [0, 0.1) is 0 Å². The summed E-state index contributed by atoms with van der Waals surface area (Å²) in [6, 6.07) is 0. The highest BCUT2D eigenvalue weighted by atomic mass is 19.4. The predicted octanol–water partition coefficient (Wildman–Crippen LogP) is 1.65. The summed E-state index contributed by atoms with van der Waals surface area (Å²) in [4.78, 5) is 11.0. The van der Waals surface area contributed by atoms with Crippen LogP contribution in [0.15, 0.2) is 0 Å². The molecule has 1 rings (SSSR count). The Morgan fingerprint density at radius 1 is 1.31 bits per heavy atom. The van der Waals surface area contributed by atoms with E-state index in [4.69, 9.17) is 0 Å². The van der Waals surface area contributed by atoms with E-state index in [0.29, 0.717) is 25.7 Å². The molecule has 1 N–H and O–H groups in total. The molecule has 2 nitrogen and oxygen atoms in total. The number of halogens is 3. The summed E-state index contributed by atoms with van der Waals surface area (Å²) in [5.41, 5.74) is -1.34. The zero-order chi connectivity index (χ0) is 10.1. The van der Waals surface area contributed by atoms with Crippen LogP contribution in [0.1, 0.15) is 25.7 Å². The van der Waals surface area contributed by atoms with Crippen LogP contribution in [0.3, 0.4) is 0 Å². The molecule has 0 atom stereocenters.